The molecule has 2 atom stereocenters. The number of alkyl halides is 3. The first kappa shape index (κ1) is 16.0. The van der Waals surface area contributed by atoms with E-state index < -0.39 is 17.6 Å². The van der Waals surface area contributed by atoms with Gasteiger partial charge in [0, 0.05) is 23.9 Å². The molecule has 2 aromatic heterocycles. The van der Waals surface area contributed by atoms with Gasteiger partial charge in [0.25, 0.3) is 5.91 Å². The number of amides is 1. The summed E-state index contributed by atoms with van der Waals surface area (Å²) in [6, 6.07) is 0. The number of hydrogen-bond acceptors (Lipinski definition) is 4. The van der Waals surface area contributed by atoms with Crippen LogP contribution in [-0.4, -0.2) is 37.4 Å². The van der Waals surface area contributed by atoms with Crippen molar-refractivity contribution in [1.29, 1.82) is 0 Å². The van der Waals surface area contributed by atoms with E-state index in [2.05, 4.69) is 20.4 Å². The summed E-state index contributed by atoms with van der Waals surface area (Å²) in [5.74, 6) is 0.378. The average Bonchev–Trinajstić information content (AvgIpc) is 3.02. The van der Waals surface area contributed by atoms with Crippen LogP contribution in [0.2, 0.25) is 0 Å². The Morgan fingerprint density at radius 3 is 2.72 bits per heavy atom. The van der Waals surface area contributed by atoms with Crippen LogP contribution in [0, 0.1) is 5.92 Å². The lowest BCUT2D eigenvalue weighted by Crippen LogP contribution is -2.54. The SMILES string of the molecule is CC(C)(NC(=O)c1nn(-c2cnccn2)c2c1C[C@@H]1CC21)C(F)(F)F. The van der Waals surface area contributed by atoms with Crippen molar-refractivity contribution in [2.24, 2.45) is 5.92 Å². The van der Waals surface area contributed by atoms with Gasteiger partial charge in [0.1, 0.15) is 5.54 Å². The molecule has 1 fully saturated rings. The largest absolute Gasteiger partial charge is 0.410 e. The maximum Gasteiger partial charge on any atom is 0.410 e. The minimum Gasteiger partial charge on any atom is -0.337 e. The first-order valence-electron chi connectivity index (χ1n) is 7.96. The van der Waals surface area contributed by atoms with E-state index in [0.29, 0.717) is 24.1 Å². The van der Waals surface area contributed by atoms with Gasteiger partial charge in [-0.1, -0.05) is 0 Å². The van der Waals surface area contributed by atoms with Gasteiger partial charge in [0.15, 0.2) is 11.5 Å². The third-order valence-corrected chi connectivity index (χ3v) is 4.88. The molecule has 0 aliphatic heterocycles. The zero-order valence-corrected chi connectivity index (χ0v) is 13.6. The van der Waals surface area contributed by atoms with E-state index in [1.807, 2.05) is 0 Å². The zero-order valence-electron chi connectivity index (χ0n) is 13.6. The summed E-state index contributed by atoms with van der Waals surface area (Å²) in [5.41, 5.74) is -0.692. The molecule has 2 aliphatic carbocycles. The third-order valence-electron chi connectivity index (χ3n) is 4.88. The topological polar surface area (TPSA) is 72.7 Å². The van der Waals surface area contributed by atoms with Gasteiger partial charge in [-0.3, -0.25) is 9.78 Å². The molecule has 0 radical (unpaired) electrons. The average molecular weight is 351 g/mol. The van der Waals surface area contributed by atoms with Crippen LogP contribution in [-0.2, 0) is 6.42 Å². The van der Waals surface area contributed by atoms with Crippen molar-refractivity contribution in [2.75, 3.05) is 0 Å². The molecule has 0 aromatic carbocycles. The first-order chi connectivity index (χ1) is 11.7. The highest BCUT2D eigenvalue weighted by Gasteiger charge is 2.52. The van der Waals surface area contributed by atoms with E-state index in [-0.39, 0.29) is 5.69 Å². The lowest BCUT2D eigenvalue weighted by atomic mass is 10.0. The van der Waals surface area contributed by atoms with E-state index in [1.54, 1.807) is 4.68 Å². The van der Waals surface area contributed by atoms with Gasteiger partial charge in [-0.05, 0) is 32.6 Å². The molecule has 6 nitrogen and oxygen atoms in total. The third kappa shape index (κ3) is 2.49. The predicted octanol–water partition coefficient (Wildman–Crippen LogP) is 2.39. The molecular formula is C16H16F3N5O. The fourth-order valence-electron chi connectivity index (χ4n) is 3.29. The van der Waals surface area contributed by atoms with Crippen molar-refractivity contribution < 1.29 is 18.0 Å². The summed E-state index contributed by atoms with van der Waals surface area (Å²) in [6.45, 7) is 1.87. The summed E-state index contributed by atoms with van der Waals surface area (Å²) >= 11 is 0. The maximum absolute atomic E-state index is 13.1. The van der Waals surface area contributed by atoms with Crippen LogP contribution in [0.5, 0.6) is 0 Å². The number of carbonyl (C=O) groups excluding carboxylic acids is 1. The quantitative estimate of drug-likeness (QED) is 0.922. The molecule has 1 unspecified atom stereocenters. The molecule has 25 heavy (non-hydrogen) atoms. The van der Waals surface area contributed by atoms with Crippen LogP contribution in [0.3, 0.4) is 0 Å². The van der Waals surface area contributed by atoms with Crippen LogP contribution in [0.25, 0.3) is 5.82 Å². The zero-order chi connectivity index (χ0) is 18.0. The number of rotatable bonds is 3. The van der Waals surface area contributed by atoms with Crippen LogP contribution < -0.4 is 5.32 Å². The first-order valence-corrected chi connectivity index (χ1v) is 7.96. The van der Waals surface area contributed by atoms with Crippen LogP contribution in [0.1, 0.15) is 47.9 Å². The molecule has 2 aromatic rings. The normalized spacial score (nSPS) is 21.6. The van der Waals surface area contributed by atoms with E-state index >= 15 is 0 Å². The highest BCUT2D eigenvalue weighted by Crippen LogP contribution is 2.57. The Bertz CT molecular complexity index is 843. The number of nitrogens with zero attached hydrogens (tertiary/aromatic N) is 4. The lowest BCUT2D eigenvalue weighted by molar-refractivity contribution is -0.182. The summed E-state index contributed by atoms with van der Waals surface area (Å²) in [7, 11) is 0. The number of nitrogens with one attached hydrogen (secondary N) is 1. The minimum absolute atomic E-state index is 0.0465. The fraction of sp³-hybridized carbons (Fsp3) is 0.500. The summed E-state index contributed by atoms with van der Waals surface area (Å²) in [6.07, 6.45) is 1.66. The van der Waals surface area contributed by atoms with Crippen molar-refractivity contribution >= 4 is 5.91 Å². The van der Waals surface area contributed by atoms with Gasteiger partial charge in [0.05, 0.1) is 11.9 Å². The molecule has 0 bridgehead atoms. The molecule has 2 heterocycles. The smallest absolute Gasteiger partial charge is 0.337 e. The number of fused-ring (bicyclic) bond motifs is 3. The molecule has 0 saturated heterocycles. The second kappa shape index (κ2) is 5.03. The molecule has 1 amide bonds. The summed E-state index contributed by atoms with van der Waals surface area (Å²) in [4.78, 5) is 20.7. The molecular weight excluding hydrogens is 335 g/mol. The number of carbonyl (C=O) groups is 1. The number of aromatic nitrogens is 4. The van der Waals surface area contributed by atoms with Gasteiger partial charge in [-0.15, -0.1) is 0 Å². The Morgan fingerprint density at radius 2 is 2.08 bits per heavy atom. The fourth-order valence-corrected chi connectivity index (χ4v) is 3.29. The van der Waals surface area contributed by atoms with E-state index in [9.17, 15) is 18.0 Å². The molecule has 4 rings (SSSR count). The van der Waals surface area contributed by atoms with Gasteiger partial charge in [-0.2, -0.15) is 18.3 Å². The van der Waals surface area contributed by atoms with Crippen molar-refractivity contribution in [1.82, 2.24) is 25.1 Å². The minimum atomic E-state index is -4.55. The van der Waals surface area contributed by atoms with E-state index in [4.69, 9.17) is 0 Å². The second-order valence-electron chi connectivity index (χ2n) is 7.07. The van der Waals surface area contributed by atoms with E-state index in [0.717, 1.165) is 31.5 Å². The van der Waals surface area contributed by atoms with Crippen molar-refractivity contribution in [3.63, 3.8) is 0 Å². The number of halogens is 3. The lowest BCUT2D eigenvalue weighted by Gasteiger charge is -2.28. The molecule has 132 valence electrons. The highest BCUT2D eigenvalue weighted by molar-refractivity contribution is 5.95. The standard InChI is InChI=1S/C16H16F3N5O/c1-15(2,16(17,18)19)22-14(25)12-10-6-8-5-9(8)13(10)24(23-12)11-7-20-3-4-21-11/h3-4,7-9H,5-6H2,1-2H3,(H,22,25)/t8-,9?/m0/s1. The van der Waals surface area contributed by atoms with Gasteiger partial charge in [-0.25, -0.2) is 9.67 Å². The Morgan fingerprint density at radius 1 is 1.32 bits per heavy atom. The molecule has 1 saturated carbocycles. The molecule has 2 aliphatic rings. The summed E-state index contributed by atoms with van der Waals surface area (Å²) < 4.78 is 40.7. The Hall–Kier alpha value is -2.45. The second-order valence-corrected chi connectivity index (χ2v) is 7.07. The van der Waals surface area contributed by atoms with Crippen molar-refractivity contribution in [3.05, 3.63) is 35.5 Å². The predicted molar refractivity (Wildman–Crippen MR) is 81.3 cm³/mol. The van der Waals surface area contributed by atoms with Gasteiger partial charge < -0.3 is 5.32 Å². The maximum atomic E-state index is 13.1. The highest BCUT2D eigenvalue weighted by atomic mass is 19.4. The van der Waals surface area contributed by atoms with Crippen LogP contribution in [0.15, 0.2) is 18.6 Å². The Balaban J connectivity index is 1.72. The molecule has 0 spiro atoms. The van der Waals surface area contributed by atoms with Crippen LogP contribution in [0.4, 0.5) is 13.2 Å². The Labute approximate surface area is 141 Å². The summed E-state index contributed by atoms with van der Waals surface area (Å²) in [5, 5.41) is 6.34. The molecule has 9 heteroatoms. The monoisotopic (exact) mass is 351 g/mol. The van der Waals surface area contributed by atoms with Gasteiger partial charge >= 0.3 is 6.18 Å². The van der Waals surface area contributed by atoms with E-state index in [1.165, 1.54) is 18.6 Å². The number of hydrogen-bond donors (Lipinski definition) is 1. The van der Waals surface area contributed by atoms with Crippen LogP contribution >= 0.6 is 0 Å². The van der Waals surface area contributed by atoms with Crippen molar-refractivity contribution in [3.8, 4) is 5.82 Å². The van der Waals surface area contributed by atoms with Gasteiger partial charge in [0.2, 0.25) is 0 Å². The van der Waals surface area contributed by atoms with Crippen molar-refractivity contribution in [2.45, 2.75) is 44.3 Å². The Kier molecular flexibility index (Phi) is 3.23. The molecule has 1 N–H and O–H groups in total.